The number of amides is 1. The second kappa shape index (κ2) is 11.7. The zero-order chi connectivity index (χ0) is 24.9. The highest BCUT2D eigenvalue weighted by Gasteiger charge is 2.40. The van der Waals surface area contributed by atoms with Crippen LogP contribution in [0, 0.1) is 11.7 Å². The molecule has 1 aliphatic carbocycles. The van der Waals surface area contributed by atoms with Gasteiger partial charge in [-0.3, -0.25) is 24.2 Å². The molecule has 190 valence electrons. The van der Waals surface area contributed by atoms with Crippen molar-refractivity contribution >= 4 is 30.3 Å². The number of benzene rings is 1. The molecule has 3 aliphatic rings. The molecule has 0 bridgehead atoms. The maximum Gasteiger partial charge on any atom is 0.325 e. The van der Waals surface area contributed by atoms with Crippen molar-refractivity contribution in [1.82, 2.24) is 14.7 Å². The molecule has 1 aromatic rings. The SMILES string of the molecule is CCOC(=O)CN1CCN(C/C=C2/CN(C(C(=O)C3CC3)c3ccccc3F)CCC2S)CC1=O. The minimum absolute atomic E-state index is 0.0122. The van der Waals surface area contributed by atoms with E-state index in [-0.39, 0.29) is 47.7 Å². The summed E-state index contributed by atoms with van der Waals surface area (Å²) >= 11 is 4.77. The third-order valence-corrected chi connectivity index (χ3v) is 7.54. The van der Waals surface area contributed by atoms with Crippen LogP contribution in [0.5, 0.6) is 0 Å². The predicted molar refractivity (Wildman–Crippen MR) is 134 cm³/mol. The topological polar surface area (TPSA) is 70.2 Å². The van der Waals surface area contributed by atoms with Crippen LogP contribution in [0.1, 0.15) is 37.8 Å². The second-order valence-electron chi connectivity index (χ2n) is 9.51. The maximum absolute atomic E-state index is 14.7. The number of halogens is 1. The van der Waals surface area contributed by atoms with Crippen LogP contribution in [-0.2, 0) is 19.1 Å². The number of ether oxygens (including phenoxy) is 1. The summed E-state index contributed by atoms with van der Waals surface area (Å²) in [4.78, 5) is 43.1. The molecule has 2 saturated heterocycles. The minimum atomic E-state index is -0.582. The van der Waals surface area contributed by atoms with Crippen molar-refractivity contribution in [2.75, 3.05) is 52.4 Å². The number of piperazine rings is 1. The van der Waals surface area contributed by atoms with E-state index in [0.29, 0.717) is 44.9 Å². The fourth-order valence-corrected chi connectivity index (χ4v) is 5.12. The smallest absolute Gasteiger partial charge is 0.325 e. The number of esters is 1. The summed E-state index contributed by atoms with van der Waals surface area (Å²) in [7, 11) is 0. The van der Waals surface area contributed by atoms with E-state index < -0.39 is 6.04 Å². The number of thiol groups is 1. The number of hydrogen-bond donors (Lipinski definition) is 1. The summed E-state index contributed by atoms with van der Waals surface area (Å²) in [6.45, 7) is 5.20. The van der Waals surface area contributed by atoms with Gasteiger partial charge in [0.25, 0.3) is 0 Å². The van der Waals surface area contributed by atoms with Gasteiger partial charge in [0.15, 0.2) is 5.78 Å². The van der Waals surface area contributed by atoms with Crippen LogP contribution in [-0.4, -0.2) is 90.0 Å². The van der Waals surface area contributed by atoms with Gasteiger partial charge in [0.05, 0.1) is 19.2 Å². The van der Waals surface area contributed by atoms with Gasteiger partial charge >= 0.3 is 5.97 Å². The third kappa shape index (κ3) is 6.51. The van der Waals surface area contributed by atoms with Gasteiger partial charge in [-0.2, -0.15) is 12.6 Å². The molecule has 0 aromatic heterocycles. The summed E-state index contributed by atoms with van der Waals surface area (Å²) in [5, 5.41) is 0.0596. The third-order valence-electron chi connectivity index (χ3n) is 6.95. The Bertz CT molecular complexity index is 983. The molecule has 2 unspecified atom stereocenters. The van der Waals surface area contributed by atoms with Gasteiger partial charge in [0.2, 0.25) is 5.91 Å². The monoisotopic (exact) mass is 503 g/mol. The van der Waals surface area contributed by atoms with Gasteiger partial charge < -0.3 is 9.64 Å². The molecule has 4 rings (SSSR count). The number of nitrogens with zero attached hydrogens (tertiary/aromatic N) is 3. The van der Waals surface area contributed by atoms with Gasteiger partial charge in [-0.15, -0.1) is 0 Å². The number of carbonyl (C=O) groups excluding carboxylic acids is 3. The Hall–Kier alpha value is -2.23. The molecule has 1 amide bonds. The van der Waals surface area contributed by atoms with Crippen molar-refractivity contribution in [2.45, 2.75) is 37.5 Å². The number of rotatable bonds is 9. The minimum Gasteiger partial charge on any atom is -0.465 e. The summed E-state index contributed by atoms with van der Waals surface area (Å²) < 4.78 is 19.7. The average Bonchev–Trinajstić information content (AvgIpc) is 3.68. The molecule has 0 radical (unpaired) electrons. The Morgan fingerprint density at radius 3 is 2.63 bits per heavy atom. The average molecular weight is 504 g/mol. The van der Waals surface area contributed by atoms with E-state index in [1.807, 2.05) is 4.90 Å². The summed E-state index contributed by atoms with van der Waals surface area (Å²) in [5.41, 5.74) is 1.54. The lowest BCUT2D eigenvalue weighted by atomic mass is 9.93. The molecule has 9 heteroatoms. The normalized spacial score (nSPS) is 24.0. The Morgan fingerprint density at radius 2 is 1.94 bits per heavy atom. The highest BCUT2D eigenvalue weighted by Crippen LogP contribution is 2.39. The van der Waals surface area contributed by atoms with Crippen LogP contribution in [0.4, 0.5) is 4.39 Å². The van der Waals surface area contributed by atoms with Crippen LogP contribution in [0.2, 0.25) is 0 Å². The fraction of sp³-hybridized carbons (Fsp3) is 0.577. The van der Waals surface area contributed by atoms with Crippen LogP contribution in [0.15, 0.2) is 35.9 Å². The first kappa shape index (κ1) is 25.9. The molecular weight excluding hydrogens is 469 g/mol. The van der Waals surface area contributed by atoms with Crippen LogP contribution in [0.25, 0.3) is 0 Å². The van der Waals surface area contributed by atoms with Crippen molar-refractivity contribution < 1.29 is 23.5 Å². The largest absolute Gasteiger partial charge is 0.465 e. The molecule has 7 nitrogen and oxygen atoms in total. The van der Waals surface area contributed by atoms with Crippen LogP contribution < -0.4 is 0 Å². The first-order valence-electron chi connectivity index (χ1n) is 12.4. The Kier molecular flexibility index (Phi) is 8.62. The van der Waals surface area contributed by atoms with Gasteiger partial charge in [0, 0.05) is 49.5 Å². The van der Waals surface area contributed by atoms with E-state index in [4.69, 9.17) is 17.4 Å². The van der Waals surface area contributed by atoms with Gasteiger partial charge in [-0.1, -0.05) is 24.3 Å². The Morgan fingerprint density at radius 1 is 1.17 bits per heavy atom. The number of Topliss-reactive ketones (excluding diaryl/α,β-unsaturated/α-hetero) is 1. The zero-order valence-electron chi connectivity index (χ0n) is 20.2. The fourth-order valence-electron chi connectivity index (χ4n) is 4.82. The molecule has 1 aromatic carbocycles. The van der Waals surface area contributed by atoms with Gasteiger partial charge in [-0.25, -0.2) is 4.39 Å². The highest BCUT2D eigenvalue weighted by molar-refractivity contribution is 7.81. The molecule has 3 fully saturated rings. The van der Waals surface area contributed by atoms with E-state index in [9.17, 15) is 18.8 Å². The van der Waals surface area contributed by atoms with Crippen molar-refractivity contribution in [2.24, 2.45) is 5.92 Å². The summed E-state index contributed by atoms with van der Waals surface area (Å²) in [6, 6.07) is 5.99. The van der Waals surface area contributed by atoms with Crippen molar-refractivity contribution in [3.05, 3.63) is 47.3 Å². The predicted octanol–water partition coefficient (Wildman–Crippen LogP) is 2.48. The van der Waals surface area contributed by atoms with E-state index in [1.165, 1.54) is 11.0 Å². The van der Waals surface area contributed by atoms with Gasteiger partial charge in [-0.05, 0) is 37.8 Å². The van der Waals surface area contributed by atoms with E-state index in [0.717, 1.165) is 24.8 Å². The van der Waals surface area contributed by atoms with Gasteiger partial charge in [0.1, 0.15) is 12.4 Å². The number of hydrogen-bond acceptors (Lipinski definition) is 7. The molecule has 0 N–H and O–H groups in total. The first-order chi connectivity index (χ1) is 16.9. The zero-order valence-corrected chi connectivity index (χ0v) is 21.1. The van der Waals surface area contributed by atoms with Crippen LogP contribution in [0.3, 0.4) is 0 Å². The lowest BCUT2D eigenvalue weighted by Crippen LogP contribution is -2.52. The van der Waals surface area contributed by atoms with Crippen molar-refractivity contribution in [3.63, 3.8) is 0 Å². The molecule has 2 aliphatic heterocycles. The standard InChI is InChI=1S/C26H34FN3O4S/c1-2-34-24(32)17-29-14-13-28(16-23(29)31)11-9-19-15-30(12-10-22(19)35)25(26(33)18-7-8-18)20-5-3-4-6-21(20)27/h3-6,9,18,22,25,35H,2,7-8,10-17H2,1H3/b19-9-. The van der Waals surface area contributed by atoms with Crippen molar-refractivity contribution in [1.29, 1.82) is 0 Å². The van der Waals surface area contributed by atoms with E-state index >= 15 is 0 Å². The Labute approximate surface area is 211 Å². The maximum atomic E-state index is 14.7. The molecule has 2 atom stereocenters. The van der Waals surface area contributed by atoms with Crippen LogP contribution >= 0.6 is 12.6 Å². The molecule has 1 saturated carbocycles. The van der Waals surface area contributed by atoms with E-state index in [2.05, 4.69) is 11.0 Å². The second-order valence-corrected chi connectivity index (χ2v) is 10.1. The lowest BCUT2D eigenvalue weighted by Gasteiger charge is -2.38. The Balaban J connectivity index is 1.41. The number of ketones is 1. The molecule has 2 heterocycles. The van der Waals surface area contributed by atoms with E-state index in [1.54, 1.807) is 25.1 Å². The number of piperidine rings is 1. The number of likely N-dealkylation sites (tertiary alicyclic amines) is 1. The summed E-state index contributed by atoms with van der Waals surface area (Å²) in [5.74, 6) is -0.691. The lowest BCUT2D eigenvalue weighted by molar-refractivity contribution is -0.150. The number of carbonyl (C=O) groups is 3. The summed E-state index contributed by atoms with van der Waals surface area (Å²) in [6.07, 6.45) is 4.62. The highest BCUT2D eigenvalue weighted by atomic mass is 32.1. The molecule has 35 heavy (non-hydrogen) atoms. The first-order valence-corrected chi connectivity index (χ1v) is 12.9. The molecule has 0 spiro atoms. The quantitative estimate of drug-likeness (QED) is 0.317. The van der Waals surface area contributed by atoms with Crippen molar-refractivity contribution in [3.8, 4) is 0 Å². The molecular formula is C26H34FN3O4S.